The minimum Gasteiger partial charge on any atom is -0.319 e. The number of hydrogen-bond acceptors (Lipinski definition) is 2. The molecule has 3 rings (SSSR count). The van der Waals surface area contributed by atoms with Gasteiger partial charge in [0.1, 0.15) is 0 Å². The van der Waals surface area contributed by atoms with Crippen molar-refractivity contribution in [3.05, 3.63) is 59.7 Å². The van der Waals surface area contributed by atoms with E-state index in [1.807, 2.05) is 18.8 Å². The van der Waals surface area contributed by atoms with Crippen LogP contribution in [0.15, 0.2) is 58.3 Å². The molecule has 0 saturated carbocycles. The molecule has 0 fully saturated rings. The topological polar surface area (TPSA) is 12.0 Å². The molecule has 1 aliphatic rings. The van der Waals surface area contributed by atoms with Gasteiger partial charge in [-0.25, -0.2) is 0 Å². The van der Waals surface area contributed by atoms with Crippen molar-refractivity contribution < 1.29 is 0 Å². The van der Waals surface area contributed by atoms with E-state index in [9.17, 15) is 0 Å². The summed E-state index contributed by atoms with van der Waals surface area (Å²) in [4.78, 5) is 2.79. The van der Waals surface area contributed by atoms with Crippen molar-refractivity contribution in [3.8, 4) is 0 Å². The second kappa shape index (κ2) is 4.55. The minimum atomic E-state index is 0.480. The molecule has 2 heteroatoms. The summed E-state index contributed by atoms with van der Waals surface area (Å²) in [5.41, 5.74) is 2.90. The van der Waals surface area contributed by atoms with Crippen LogP contribution in [0.4, 0.5) is 0 Å². The van der Waals surface area contributed by atoms with Gasteiger partial charge in [-0.05, 0) is 30.3 Å². The number of benzene rings is 2. The Bertz CT molecular complexity index is 490. The van der Waals surface area contributed by atoms with Crippen LogP contribution >= 0.6 is 11.8 Å². The van der Waals surface area contributed by atoms with Gasteiger partial charge in [0.15, 0.2) is 0 Å². The van der Waals surface area contributed by atoms with Gasteiger partial charge in [-0.15, -0.1) is 0 Å². The number of hydrogen-bond donors (Lipinski definition) is 1. The van der Waals surface area contributed by atoms with E-state index in [0.29, 0.717) is 5.92 Å². The van der Waals surface area contributed by atoms with Gasteiger partial charge in [0.2, 0.25) is 0 Å². The normalized spacial score (nSPS) is 14.2. The molecule has 1 heterocycles. The molecule has 0 bridgehead atoms. The zero-order chi connectivity index (χ0) is 11.7. The monoisotopic (exact) mass is 241 g/mol. The zero-order valence-electron chi connectivity index (χ0n) is 9.81. The third kappa shape index (κ3) is 1.88. The lowest BCUT2D eigenvalue weighted by Crippen LogP contribution is -2.21. The third-order valence-electron chi connectivity index (χ3n) is 3.22. The van der Waals surface area contributed by atoms with Crippen LogP contribution in [0.2, 0.25) is 0 Å². The van der Waals surface area contributed by atoms with Crippen molar-refractivity contribution in [2.24, 2.45) is 0 Å². The standard InChI is InChI=1S/C15H15NS/c1-16-10-13-11-6-2-4-8-14(11)17-15-9-5-3-7-12(13)15/h2-9,13,16H,10H2,1H3. The van der Waals surface area contributed by atoms with Crippen LogP contribution in [-0.4, -0.2) is 13.6 Å². The predicted octanol–water partition coefficient (Wildman–Crippen LogP) is 3.50. The molecule has 0 saturated heterocycles. The fraction of sp³-hybridized carbons (Fsp3) is 0.200. The van der Waals surface area contributed by atoms with E-state index in [-0.39, 0.29) is 0 Å². The maximum atomic E-state index is 3.31. The molecule has 0 unspecified atom stereocenters. The Balaban J connectivity index is 2.13. The fourth-order valence-corrected chi connectivity index (χ4v) is 3.62. The van der Waals surface area contributed by atoms with Gasteiger partial charge in [-0.1, -0.05) is 48.2 Å². The van der Waals surface area contributed by atoms with Gasteiger partial charge < -0.3 is 5.32 Å². The van der Waals surface area contributed by atoms with Gasteiger partial charge >= 0.3 is 0 Å². The number of likely N-dealkylation sites (N-methyl/N-ethyl adjacent to an activating group) is 1. The predicted molar refractivity (Wildman–Crippen MR) is 72.8 cm³/mol. The Labute approximate surface area is 106 Å². The number of nitrogens with one attached hydrogen (secondary N) is 1. The summed E-state index contributed by atoms with van der Waals surface area (Å²) in [6.07, 6.45) is 0. The molecule has 0 aliphatic carbocycles. The Hall–Kier alpha value is -1.25. The minimum absolute atomic E-state index is 0.480. The summed E-state index contributed by atoms with van der Waals surface area (Å²) in [7, 11) is 2.02. The van der Waals surface area contributed by atoms with E-state index in [2.05, 4.69) is 53.8 Å². The molecule has 0 amide bonds. The smallest absolute Gasteiger partial charge is 0.0237 e. The Morgan fingerprint density at radius 1 is 0.941 bits per heavy atom. The highest BCUT2D eigenvalue weighted by atomic mass is 32.2. The van der Waals surface area contributed by atoms with Crippen molar-refractivity contribution in [1.82, 2.24) is 5.32 Å². The largest absolute Gasteiger partial charge is 0.319 e. The highest BCUT2D eigenvalue weighted by Gasteiger charge is 2.24. The molecule has 0 atom stereocenters. The van der Waals surface area contributed by atoms with Gasteiger partial charge in [0, 0.05) is 22.3 Å². The van der Waals surface area contributed by atoms with E-state index in [0.717, 1.165) is 6.54 Å². The average molecular weight is 241 g/mol. The summed E-state index contributed by atoms with van der Waals surface area (Å²) in [5.74, 6) is 0.480. The van der Waals surface area contributed by atoms with Crippen LogP contribution in [0.5, 0.6) is 0 Å². The molecule has 17 heavy (non-hydrogen) atoms. The Kier molecular flexibility index (Phi) is 2.91. The number of fused-ring (bicyclic) bond motifs is 2. The quantitative estimate of drug-likeness (QED) is 0.863. The van der Waals surface area contributed by atoms with Crippen molar-refractivity contribution in [3.63, 3.8) is 0 Å². The number of rotatable bonds is 2. The average Bonchev–Trinajstić information content (AvgIpc) is 2.39. The second-order valence-electron chi connectivity index (χ2n) is 4.29. The second-order valence-corrected chi connectivity index (χ2v) is 5.37. The van der Waals surface area contributed by atoms with Gasteiger partial charge in [0.05, 0.1) is 0 Å². The molecular weight excluding hydrogens is 226 g/mol. The van der Waals surface area contributed by atoms with E-state index in [4.69, 9.17) is 0 Å². The first-order valence-corrected chi connectivity index (χ1v) is 6.72. The van der Waals surface area contributed by atoms with Gasteiger partial charge in [-0.2, -0.15) is 0 Å². The van der Waals surface area contributed by atoms with E-state index in [1.165, 1.54) is 20.9 Å². The Morgan fingerprint density at radius 3 is 2.00 bits per heavy atom. The SMILES string of the molecule is CNCC1c2ccccc2Sc2ccccc21. The highest BCUT2D eigenvalue weighted by Crippen LogP contribution is 2.45. The summed E-state index contributed by atoms with van der Waals surface area (Å²) in [5, 5.41) is 3.31. The lowest BCUT2D eigenvalue weighted by molar-refractivity contribution is 0.685. The maximum absolute atomic E-state index is 3.31. The van der Waals surface area contributed by atoms with Crippen molar-refractivity contribution in [2.75, 3.05) is 13.6 Å². The first kappa shape index (κ1) is 10.9. The van der Waals surface area contributed by atoms with E-state index >= 15 is 0 Å². The lowest BCUT2D eigenvalue weighted by atomic mass is 9.90. The maximum Gasteiger partial charge on any atom is 0.0237 e. The molecule has 2 aromatic rings. The Morgan fingerprint density at radius 2 is 1.47 bits per heavy atom. The van der Waals surface area contributed by atoms with Crippen LogP contribution in [-0.2, 0) is 0 Å². The molecule has 0 radical (unpaired) electrons. The third-order valence-corrected chi connectivity index (χ3v) is 4.40. The summed E-state index contributed by atoms with van der Waals surface area (Å²) < 4.78 is 0. The molecule has 0 spiro atoms. The summed E-state index contributed by atoms with van der Waals surface area (Å²) in [6, 6.07) is 17.5. The fourth-order valence-electron chi connectivity index (χ4n) is 2.43. The first-order valence-electron chi connectivity index (χ1n) is 5.90. The van der Waals surface area contributed by atoms with Crippen LogP contribution in [0.3, 0.4) is 0 Å². The van der Waals surface area contributed by atoms with Crippen LogP contribution in [0.1, 0.15) is 17.0 Å². The molecule has 2 aromatic carbocycles. The molecule has 0 aromatic heterocycles. The summed E-state index contributed by atoms with van der Waals surface area (Å²) in [6.45, 7) is 0.995. The molecule has 1 N–H and O–H groups in total. The molecule has 1 aliphatic heterocycles. The van der Waals surface area contributed by atoms with Crippen LogP contribution in [0, 0.1) is 0 Å². The van der Waals surface area contributed by atoms with Crippen molar-refractivity contribution >= 4 is 11.8 Å². The molecular formula is C15H15NS. The summed E-state index contributed by atoms with van der Waals surface area (Å²) >= 11 is 1.88. The van der Waals surface area contributed by atoms with Gasteiger partial charge in [-0.3, -0.25) is 0 Å². The zero-order valence-corrected chi connectivity index (χ0v) is 10.6. The van der Waals surface area contributed by atoms with Crippen molar-refractivity contribution in [2.45, 2.75) is 15.7 Å². The van der Waals surface area contributed by atoms with E-state index in [1.54, 1.807) is 0 Å². The highest BCUT2D eigenvalue weighted by molar-refractivity contribution is 7.99. The molecule has 1 nitrogen and oxygen atoms in total. The van der Waals surface area contributed by atoms with Crippen LogP contribution < -0.4 is 5.32 Å². The van der Waals surface area contributed by atoms with E-state index < -0.39 is 0 Å². The van der Waals surface area contributed by atoms with Crippen LogP contribution in [0.25, 0.3) is 0 Å². The first-order chi connectivity index (χ1) is 8.40. The molecule has 86 valence electrons. The van der Waals surface area contributed by atoms with Crippen molar-refractivity contribution in [1.29, 1.82) is 0 Å². The van der Waals surface area contributed by atoms with Gasteiger partial charge in [0.25, 0.3) is 0 Å². The lowest BCUT2D eigenvalue weighted by Gasteiger charge is -2.27.